The van der Waals surface area contributed by atoms with Gasteiger partial charge in [-0.3, -0.25) is 10.00 Å². The first kappa shape index (κ1) is 19.5. The van der Waals surface area contributed by atoms with Crippen molar-refractivity contribution in [3.8, 4) is 0 Å². The van der Waals surface area contributed by atoms with Crippen LogP contribution < -0.4 is 5.32 Å². The van der Waals surface area contributed by atoms with Crippen LogP contribution in [0.25, 0.3) is 0 Å². The Morgan fingerprint density at radius 3 is 2.60 bits per heavy atom. The fourth-order valence-electron chi connectivity index (χ4n) is 3.00. The molecular formula is C14H21F3N4O3S. The van der Waals surface area contributed by atoms with Crippen molar-refractivity contribution in [1.82, 2.24) is 14.7 Å². The van der Waals surface area contributed by atoms with Gasteiger partial charge in [0.25, 0.3) is 0 Å². The summed E-state index contributed by atoms with van der Waals surface area (Å²) in [5, 5.41) is 6.48. The molecule has 0 spiro atoms. The van der Waals surface area contributed by atoms with E-state index in [2.05, 4.69) is 10.4 Å². The first-order valence-electron chi connectivity index (χ1n) is 7.67. The van der Waals surface area contributed by atoms with E-state index in [0.29, 0.717) is 0 Å². The van der Waals surface area contributed by atoms with Gasteiger partial charge < -0.3 is 4.90 Å². The number of nitrogens with one attached hydrogen (secondary N) is 1. The van der Waals surface area contributed by atoms with Gasteiger partial charge in [0.2, 0.25) is 0 Å². The summed E-state index contributed by atoms with van der Waals surface area (Å²) >= 11 is 0. The van der Waals surface area contributed by atoms with E-state index in [4.69, 9.17) is 0 Å². The van der Waals surface area contributed by atoms with Crippen LogP contribution in [0.3, 0.4) is 0 Å². The molecule has 0 unspecified atom stereocenters. The van der Waals surface area contributed by atoms with Gasteiger partial charge in [-0.2, -0.15) is 18.3 Å². The molecule has 2 amide bonds. The van der Waals surface area contributed by atoms with Crippen LogP contribution in [0.2, 0.25) is 0 Å². The lowest BCUT2D eigenvalue weighted by Gasteiger charge is -2.36. The number of urea groups is 1. The Hall–Kier alpha value is -1.78. The number of amides is 2. The quantitative estimate of drug-likeness (QED) is 0.865. The highest BCUT2D eigenvalue weighted by molar-refractivity contribution is 7.90. The molecule has 1 aromatic heterocycles. The third-order valence-corrected chi connectivity index (χ3v) is 5.32. The molecule has 142 valence electrons. The van der Waals surface area contributed by atoms with Crippen molar-refractivity contribution in [1.29, 1.82) is 0 Å². The van der Waals surface area contributed by atoms with E-state index >= 15 is 0 Å². The van der Waals surface area contributed by atoms with Crippen molar-refractivity contribution >= 4 is 21.7 Å². The maximum Gasteiger partial charge on any atom is 0.394 e. The van der Waals surface area contributed by atoms with Gasteiger partial charge in [0, 0.05) is 25.1 Å². The number of hydrogen-bond donors (Lipinski definition) is 1. The molecule has 1 N–H and O–H groups in total. The number of halogens is 3. The van der Waals surface area contributed by atoms with Crippen molar-refractivity contribution < 1.29 is 26.4 Å². The number of rotatable bonds is 4. The SMILES string of the molecule is CC1(C)[C@H](C(F)(F)F)CCN1C(=O)Nc1ccn(CCS(C)(=O)=O)n1. The van der Waals surface area contributed by atoms with Gasteiger partial charge in [-0.05, 0) is 20.3 Å². The lowest BCUT2D eigenvalue weighted by Crippen LogP contribution is -2.51. The Bertz CT molecular complexity index is 743. The summed E-state index contributed by atoms with van der Waals surface area (Å²) in [5.74, 6) is -1.53. The average molecular weight is 382 g/mol. The summed E-state index contributed by atoms with van der Waals surface area (Å²) in [6.07, 6.45) is -1.92. The van der Waals surface area contributed by atoms with Gasteiger partial charge in [-0.15, -0.1) is 0 Å². The molecule has 7 nitrogen and oxygen atoms in total. The second kappa shape index (κ2) is 6.50. The number of aromatic nitrogens is 2. The monoisotopic (exact) mass is 382 g/mol. The molecule has 2 heterocycles. The Kier molecular flexibility index (Phi) is 5.08. The fraction of sp³-hybridized carbons (Fsp3) is 0.714. The van der Waals surface area contributed by atoms with Crippen LogP contribution in [0.1, 0.15) is 20.3 Å². The number of hydrogen-bond acceptors (Lipinski definition) is 4. The molecule has 1 saturated heterocycles. The Labute approximate surface area is 144 Å². The molecule has 0 aliphatic carbocycles. The molecule has 25 heavy (non-hydrogen) atoms. The second-order valence-corrected chi connectivity index (χ2v) is 8.97. The minimum Gasteiger partial charge on any atom is -0.319 e. The van der Waals surface area contributed by atoms with E-state index in [-0.39, 0.29) is 31.1 Å². The van der Waals surface area contributed by atoms with E-state index in [9.17, 15) is 26.4 Å². The molecule has 1 aliphatic heterocycles. The molecular weight excluding hydrogens is 361 g/mol. The van der Waals surface area contributed by atoms with Gasteiger partial charge in [0.15, 0.2) is 5.82 Å². The Morgan fingerprint density at radius 2 is 2.08 bits per heavy atom. The zero-order chi connectivity index (χ0) is 19.0. The first-order chi connectivity index (χ1) is 11.3. The van der Waals surface area contributed by atoms with Crippen LogP contribution in [0.15, 0.2) is 12.3 Å². The zero-order valence-corrected chi connectivity index (χ0v) is 15.0. The van der Waals surface area contributed by atoms with Gasteiger partial charge in [-0.1, -0.05) is 0 Å². The lowest BCUT2D eigenvalue weighted by molar-refractivity contribution is -0.189. The second-order valence-electron chi connectivity index (χ2n) is 6.71. The Morgan fingerprint density at radius 1 is 1.44 bits per heavy atom. The highest BCUT2D eigenvalue weighted by Crippen LogP contribution is 2.44. The van der Waals surface area contributed by atoms with E-state index in [0.717, 1.165) is 11.2 Å². The smallest absolute Gasteiger partial charge is 0.319 e. The number of sulfone groups is 1. The van der Waals surface area contributed by atoms with Crippen molar-refractivity contribution in [2.24, 2.45) is 5.92 Å². The van der Waals surface area contributed by atoms with Crippen molar-refractivity contribution in [2.45, 2.75) is 38.5 Å². The summed E-state index contributed by atoms with van der Waals surface area (Å²) in [4.78, 5) is 13.5. The minimum atomic E-state index is -4.37. The van der Waals surface area contributed by atoms with Crippen molar-refractivity contribution in [2.75, 3.05) is 23.9 Å². The molecule has 0 saturated carbocycles. The van der Waals surface area contributed by atoms with E-state index in [1.165, 1.54) is 30.8 Å². The number of aryl methyl sites for hydroxylation is 1. The fourth-order valence-corrected chi connectivity index (χ4v) is 3.52. The summed E-state index contributed by atoms with van der Waals surface area (Å²) in [6.45, 7) is 2.91. The minimum absolute atomic E-state index is 0.00219. The van der Waals surface area contributed by atoms with Crippen LogP contribution in [-0.4, -0.2) is 59.4 Å². The van der Waals surface area contributed by atoms with E-state index < -0.39 is 33.5 Å². The largest absolute Gasteiger partial charge is 0.394 e. The molecule has 0 radical (unpaired) electrons. The normalized spacial score (nSPS) is 20.7. The highest BCUT2D eigenvalue weighted by Gasteiger charge is 2.56. The number of alkyl halides is 3. The van der Waals surface area contributed by atoms with Crippen LogP contribution in [-0.2, 0) is 16.4 Å². The van der Waals surface area contributed by atoms with Crippen LogP contribution in [0.5, 0.6) is 0 Å². The summed E-state index contributed by atoms with van der Waals surface area (Å²) < 4.78 is 62.9. The summed E-state index contributed by atoms with van der Waals surface area (Å²) in [5.41, 5.74) is -1.36. The molecule has 0 bridgehead atoms. The van der Waals surface area contributed by atoms with Crippen molar-refractivity contribution in [3.63, 3.8) is 0 Å². The molecule has 1 atom stereocenters. The lowest BCUT2D eigenvalue weighted by atomic mass is 9.88. The molecule has 11 heteroatoms. The van der Waals surface area contributed by atoms with E-state index in [1.54, 1.807) is 0 Å². The number of anilines is 1. The Balaban J connectivity index is 2.02. The predicted molar refractivity (Wildman–Crippen MR) is 85.9 cm³/mol. The van der Waals surface area contributed by atoms with Gasteiger partial charge >= 0.3 is 12.2 Å². The number of carbonyl (C=O) groups is 1. The molecule has 1 aliphatic rings. The standard InChI is InChI=1S/C14H21F3N4O3S/c1-13(2)10(14(15,16)17)4-7-21(13)12(22)18-11-5-6-20(19-11)8-9-25(3,23)24/h5-6,10H,4,7-9H2,1-3H3,(H,18,19,22)/t10-/m1/s1. The summed E-state index contributed by atoms with van der Waals surface area (Å²) in [6, 6.07) is 0.801. The molecule has 1 aromatic rings. The molecule has 2 rings (SSSR count). The maximum absolute atomic E-state index is 13.1. The van der Waals surface area contributed by atoms with Crippen LogP contribution in [0.4, 0.5) is 23.8 Å². The van der Waals surface area contributed by atoms with Gasteiger partial charge in [0.05, 0.1) is 23.8 Å². The third-order valence-electron chi connectivity index (χ3n) is 4.40. The average Bonchev–Trinajstić information content (AvgIpc) is 2.98. The number of nitrogens with zero attached hydrogens (tertiary/aromatic N) is 3. The van der Waals surface area contributed by atoms with Gasteiger partial charge in [-0.25, -0.2) is 13.2 Å². The zero-order valence-electron chi connectivity index (χ0n) is 14.2. The first-order valence-corrected chi connectivity index (χ1v) is 9.73. The highest BCUT2D eigenvalue weighted by atomic mass is 32.2. The maximum atomic E-state index is 13.1. The van der Waals surface area contributed by atoms with Crippen molar-refractivity contribution in [3.05, 3.63) is 12.3 Å². The summed E-state index contributed by atoms with van der Waals surface area (Å²) in [7, 11) is -3.15. The van der Waals surface area contributed by atoms with Gasteiger partial charge in [0.1, 0.15) is 9.84 Å². The third kappa shape index (κ3) is 4.65. The number of carbonyl (C=O) groups excluding carboxylic acids is 1. The number of likely N-dealkylation sites (tertiary alicyclic amines) is 1. The van der Waals surface area contributed by atoms with E-state index in [1.807, 2.05) is 0 Å². The van der Waals surface area contributed by atoms with Crippen LogP contribution in [0, 0.1) is 5.92 Å². The predicted octanol–water partition coefficient (Wildman–Crippen LogP) is 2.12. The molecule has 0 aromatic carbocycles. The molecule has 1 fully saturated rings. The topological polar surface area (TPSA) is 84.3 Å². The van der Waals surface area contributed by atoms with Crippen LogP contribution >= 0.6 is 0 Å².